The fourth-order valence-corrected chi connectivity index (χ4v) is 6.95. The van der Waals surface area contributed by atoms with Gasteiger partial charge in [0, 0.05) is 24.3 Å². The summed E-state index contributed by atoms with van der Waals surface area (Å²) in [6.45, 7) is 12.9. The fourth-order valence-electron chi connectivity index (χ4n) is 6.95. The van der Waals surface area contributed by atoms with Crippen molar-refractivity contribution in [1.82, 2.24) is 20.2 Å². The smallest absolute Gasteiger partial charge is 0.408 e. The molecular formula is C36H50F2N4O7. The molecule has 1 saturated heterocycles. The van der Waals surface area contributed by atoms with Crippen LogP contribution < -0.4 is 14.8 Å². The number of carbonyl (C=O) groups is 3. The number of nitrogens with one attached hydrogen (secondary N) is 1. The Hall–Kier alpha value is -3.77. The third-order valence-corrected chi connectivity index (χ3v) is 9.95. The number of nitrogens with zero attached hydrogens (tertiary/aromatic N) is 3. The van der Waals surface area contributed by atoms with E-state index in [4.69, 9.17) is 18.9 Å². The third-order valence-electron chi connectivity index (χ3n) is 9.95. The second-order valence-corrected chi connectivity index (χ2v) is 15.4. The molecule has 270 valence electrons. The van der Waals surface area contributed by atoms with E-state index in [2.05, 4.69) is 15.3 Å². The van der Waals surface area contributed by atoms with Gasteiger partial charge in [0.2, 0.25) is 11.8 Å². The van der Waals surface area contributed by atoms with Crippen molar-refractivity contribution in [2.45, 2.75) is 117 Å². The van der Waals surface area contributed by atoms with Crippen molar-refractivity contribution in [3.8, 4) is 11.6 Å². The van der Waals surface area contributed by atoms with E-state index in [-0.39, 0.29) is 42.8 Å². The van der Waals surface area contributed by atoms with Gasteiger partial charge in [-0.2, -0.15) is 8.78 Å². The van der Waals surface area contributed by atoms with Crippen LogP contribution in [0, 0.1) is 23.2 Å². The van der Waals surface area contributed by atoms with Gasteiger partial charge < -0.3 is 29.2 Å². The number of aromatic nitrogens is 2. The van der Waals surface area contributed by atoms with E-state index < -0.39 is 71.1 Å². The third kappa shape index (κ3) is 7.85. The highest BCUT2D eigenvalue weighted by Crippen LogP contribution is 2.50. The standard InChI is InChI=1S/C36H50F2N4O7/c1-9-23-26-18-42(27(23)32(44)47-19-20(2)3)31(43)29(34(4,5)6)41-33(45)49-35(7)17-21(35)12-10-11-15-36(37,38)28-30(48-26)40-25-16-22(46-8)13-14-24(25)39-28/h13-14,16,20-21,23,26-27,29H,9-12,15,17-19H2,1-8H3,(H,41,45)/t21-,23-,26+,27+,29-,35-/m1/s1. The Morgan fingerprint density at radius 1 is 1.16 bits per heavy atom. The Bertz CT molecular complexity index is 1560. The molecule has 1 saturated carbocycles. The van der Waals surface area contributed by atoms with Gasteiger partial charge in [0.1, 0.15) is 29.5 Å². The first kappa shape index (κ1) is 36.5. The van der Waals surface area contributed by atoms with Gasteiger partial charge in [-0.25, -0.2) is 19.6 Å². The number of fused-ring (bicyclic) bond motifs is 5. The van der Waals surface area contributed by atoms with Crippen LogP contribution in [0.15, 0.2) is 18.2 Å². The molecule has 5 rings (SSSR count). The number of carbonyl (C=O) groups excluding carboxylic acids is 3. The van der Waals surface area contributed by atoms with E-state index in [9.17, 15) is 14.4 Å². The number of benzene rings is 1. The molecule has 1 aromatic heterocycles. The summed E-state index contributed by atoms with van der Waals surface area (Å²) in [6.07, 6.45) is 0.0898. The highest BCUT2D eigenvalue weighted by molar-refractivity contribution is 5.91. The van der Waals surface area contributed by atoms with Gasteiger partial charge >= 0.3 is 12.1 Å². The lowest BCUT2D eigenvalue weighted by Gasteiger charge is -2.35. The first-order valence-electron chi connectivity index (χ1n) is 17.3. The van der Waals surface area contributed by atoms with E-state index in [0.29, 0.717) is 36.9 Å². The predicted octanol–water partition coefficient (Wildman–Crippen LogP) is 6.41. The quantitative estimate of drug-likeness (QED) is 0.355. The van der Waals surface area contributed by atoms with E-state index >= 15 is 8.78 Å². The number of amides is 2. The van der Waals surface area contributed by atoms with Crippen molar-refractivity contribution in [3.63, 3.8) is 0 Å². The fraction of sp³-hybridized carbons (Fsp3) is 0.694. The molecule has 13 heteroatoms. The molecule has 1 N–H and O–H groups in total. The lowest BCUT2D eigenvalue weighted by Crippen LogP contribution is -2.57. The Kier molecular flexibility index (Phi) is 10.3. The lowest BCUT2D eigenvalue weighted by molar-refractivity contribution is -0.157. The molecule has 2 bridgehead atoms. The SMILES string of the molecule is CC[C@@H]1[C@@H]2CN(C(=O)[C@H](C(C)(C)C)NC(=O)O[C@]3(C)C[C@H]3CCCCC(F)(F)c3nc4ccc(OC)cc4nc3O2)[C@@H]1C(=O)OCC(C)C. The first-order valence-corrected chi connectivity index (χ1v) is 17.3. The number of hydrogen-bond donors (Lipinski definition) is 1. The second kappa shape index (κ2) is 13.9. The number of hydrogen-bond acceptors (Lipinski definition) is 9. The predicted molar refractivity (Wildman–Crippen MR) is 177 cm³/mol. The Morgan fingerprint density at radius 2 is 1.90 bits per heavy atom. The number of alkyl halides is 2. The number of halogens is 2. The van der Waals surface area contributed by atoms with Crippen LogP contribution >= 0.6 is 0 Å². The van der Waals surface area contributed by atoms with Gasteiger partial charge in [-0.15, -0.1) is 0 Å². The minimum Gasteiger partial charge on any atom is -0.497 e. The molecule has 2 amide bonds. The average Bonchev–Trinajstić information content (AvgIpc) is 3.51. The van der Waals surface area contributed by atoms with Crippen LogP contribution in [-0.2, 0) is 25.0 Å². The van der Waals surface area contributed by atoms with E-state index in [1.165, 1.54) is 12.0 Å². The Labute approximate surface area is 286 Å². The molecule has 0 spiro atoms. The highest BCUT2D eigenvalue weighted by atomic mass is 19.3. The maximum Gasteiger partial charge on any atom is 0.408 e. The van der Waals surface area contributed by atoms with Crippen molar-refractivity contribution in [1.29, 1.82) is 0 Å². The van der Waals surface area contributed by atoms with Crippen molar-refractivity contribution in [2.75, 3.05) is 20.3 Å². The largest absolute Gasteiger partial charge is 0.497 e. The molecule has 6 atom stereocenters. The van der Waals surface area contributed by atoms with E-state index in [0.717, 1.165) is 0 Å². The van der Waals surface area contributed by atoms with Crippen LogP contribution in [0.5, 0.6) is 11.6 Å². The summed E-state index contributed by atoms with van der Waals surface area (Å²) >= 11 is 0. The number of methoxy groups -OCH3 is 1. The average molecular weight is 689 g/mol. The van der Waals surface area contributed by atoms with Crippen molar-refractivity contribution in [2.24, 2.45) is 23.2 Å². The molecule has 3 heterocycles. The van der Waals surface area contributed by atoms with Crippen molar-refractivity contribution >= 4 is 29.0 Å². The van der Waals surface area contributed by atoms with Crippen molar-refractivity contribution in [3.05, 3.63) is 23.9 Å². The topological polar surface area (TPSA) is 129 Å². The molecule has 0 radical (unpaired) electrons. The normalized spacial score (nSPS) is 29.1. The summed E-state index contributed by atoms with van der Waals surface area (Å²) < 4.78 is 55.5. The molecule has 49 heavy (non-hydrogen) atoms. The summed E-state index contributed by atoms with van der Waals surface area (Å²) in [4.78, 5) is 51.8. The lowest BCUT2D eigenvalue weighted by atomic mass is 9.85. The summed E-state index contributed by atoms with van der Waals surface area (Å²) in [5, 5.41) is 2.80. The van der Waals surface area contributed by atoms with Crippen LogP contribution in [0.2, 0.25) is 0 Å². The zero-order chi connectivity index (χ0) is 35.9. The highest BCUT2D eigenvalue weighted by Gasteiger charge is 2.55. The summed E-state index contributed by atoms with van der Waals surface area (Å²) in [5.41, 5.74) is -1.59. The van der Waals surface area contributed by atoms with Gasteiger partial charge in [0.15, 0.2) is 5.69 Å². The Balaban J connectivity index is 1.62. The molecule has 1 aliphatic carbocycles. The molecular weight excluding hydrogens is 638 g/mol. The van der Waals surface area contributed by atoms with Crippen LogP contribution in [-0.4, -0.2) is 76.9 Å². The van der Waals surface area contributed by atoms with Gasteiger partial charge in [-0.1, -0.05) is 48.0 Å². The zero-order valence-electron chi connectivity index (χ0n) is 29.8. The van der Waals surface area contributed by atoms with E-state index in [1.807, 2.05) is 48.5 Å². The molecule has 0 unspecified atom stereocenters. The summed E-state index contributed by atoms with van der Waals surface area (Å²) in [5.74, 6) is -5.05. The molecule has 3 aliphatic rings. The zero-order valence-corrected chi connectivity index (χ0v) is 29.8. The van der Waals surface area contributed by atoms with Gasteiger partial charge in [-0.05, 0) is 56.1 Å². The minimum atomic E-state index is -3.39. The van der Waals surface area contributed by atoms with Gasteiger partial charge in [0.25, 0.3) is 5.92 Å². The minimum absolute atomic E-state index is 0.00800. The summed E-state index contributed by atoms with van der Waals surface area (Å²) in [6, 6.07) is 2.61. The van der Waals surface area contributed by atoms with Gasteiger partial charge in [0.05, 0.1) is 31.3 Å². The number of rotatable bonds is 5. The number of ether oxygens (including phenoxy) is 4. The van der Waals surface area contributed by atoms with E-state index in [1.54, 1.807) is 18.2 Å². The maximum atomic E-state index is 16.2. The van der Waals surface area contributed by atoms with Gasteiger partial charge in [-0.3, -0.25) is 4.79 Å². The molecule has 1 aromatic carbocycles. The number of alkyl carbamates (subject to hydrolysis) is 1. The van der Waals surface area contributed by atoms with Crippen molar-refractivity contribution < 1.29 is 42.1 Å². The number of esters is 1. The molecule has 11 nitrogen and oxygen atoms in total. The summed E-state index contributed by atoms with van der Waals surface area (Å²) in [7, 11) is 1.49. The van der Waals surface area contributed by atoms with Crippen LogP contribution in [0.4, 0.5) is 13.6 Å². The monoisotopic (exact) mass is 688 g/mol. The molecule has 2 aromatic rings. The molecule has 2 fully saturated rings. The van der Waals surface area contributed by atoms with Crippen LogP contribution in [0.3, 0.4) is 0 Å². The molecule has 2 aliphatic heterocycles. The maximum absolute atomic E-state index is 16.2. The second-order valence-electron chi connectivity index (χ2n) is 15.4. The van der Waals surface area contributed by atoms with Crippen LogP contribution in [0.1, 0.15) is 92.7 Å². The van der Waals surface area contributed by atoms with Crippen LogP contribution in [0.25, 0.3) is 11.0 Å². The first-order chi connectivity index (χ1) is 23.0. The Morgan fingerprint density at radius 3 is 2.55 bits per heavy atom.